The number of carbonyl (C=O) groups excluding carboxylic acids is 1. The molecule has 0 spiro atoms. The van der Waals surface area contributed by atoms with Gasteiger partial charge in [-0.2, -0.15) is 0 Å². The normalized spacial score (nSPS) is 26.1. The molecule has 1 aliphatic rings. The number of hydrogen-bond donors (Lipinski definition) is 1. The molecule has 0 bridgehead atoms. The first-order valence-electron chi connectivity index (χ1n) is 4.60. The summed E-state index contributed by atoms with van der Waals surface area (Å²) >= 11 is 0. The molecule has 0 amide bonds. The van der Waals surface area contributed by atoms with Gasteiger partial charge in [-0.05, 0) is 19.4 Å². The monoisotopic (exact) mass is 155 g/mol. The Bertz CT molecular complexity index is 126. The average molecular weight is 155 g/mol. The van der Waals surface area contributed by atoms with Crippen LogP contribution in [-0.2, 0) is 4.79 Å². The van der Waals surface area contributed by atoms with Gasteiger partial charge < -0.3 is 5.32 Å². The van der Waals surface area contributed by atoms with Crippen LogP contribution in [0.25, 0.3) is 0 Å². The SMILES string of the molecule is CCC(=O)C1CCCCCN1. The molecule has 1 atom stereocenters. The molecule has 2 nitrogen and oxygen atoms in total. The van der Waals surface area contributed by atoms with Crippen molar-refractivity contribution in [1.29, 1.82) is 0 Å². The molecule has 1 N–H and O–H groups in total. The van der Waals surface area contributed by atoms with Crippen molar-refractivity contribution in [3.8, 4) is 0 Å². The lowest BCUT2D eigenvalue weighted by atomic mass is 10.1. The van der Waals surface area contributed by atoms with Crippen LogP contribution >= 0.6 is 0 Å². The predicted molar refractivity (Wildman–Crippen MR) is 45.6 cm³/mol. The highest BCUT2D eigenvalue weighted by Crippen LogP contribution is 2.09. The molecule has 1 aliphatic heterocycles. The number of hydrogen-bond acceptors (Lipinski definition) is 2. The maximum absolute atomic E-state index is 11.3. The minimum atomic E-state index is 0.169. The molecule has 0 radical (unpaired) electrons. The third-order valence-electron chi connectivity index (χ3n) is 2.30. The maximum atomic E-state index is 11.3. The second-order valence-electron chi connectivity index (χ2n) is 3.18. The van der Waals surface area contributed by atoms with Crippen LogP contribution in [0.3, 0.4) is 0 Å². The molecule has 64 valence electrons. The smallest absolute Gasteiger partial charge is 0.149 e. The lowest BCUT2D eigenvalue weighted by Gasteiger charge is -2.12. The third-order valence-corrected chi connectivity index (χ3v) is 2.30. The van der Waals surface area contributed by atoms with Crippen LogP contribution in [0.2, 0.25) is 0 Å². The van der Waals surface area contributed by atoms with Crippen molar-refractivity contribution >= 4 is 5.78 Å². The topological polar surface area (TPSA) is 29.1 Å². The highest BCUT2D eigenvalue weighted by atomic mass is 16.1. The zero-order valence-electron chi connectivity index (χ0n) is 7.23. The summed E-state index contributed by atoms with van der Waals surface area (Å²) in [6, 6.07) is 0.169. The zero-order valence-corrected chi connectivity index (χ0v) is 7.23. The lowest BCUT2D eigenvalue weighted by molar-refractivity contribution is -0.120. The Morgan fingerprint density at radius 3 is 3.00 bits per heavy atom. The molecular formula is C9H17NO. The summed E-state index contributed by atoms with van der Waals surface area (Å²) in [5.41, 5.74) is 0. The van der Waals surface area contributed by atoms with Gasteiger partial charge in [0.1, 0.15) is 5.78 Å². The first-order chi connectivity index (χ1) is 5.34. The maximum Gasteiger partial charge on any atom is 0.149 e. The van der Waals surface area contributed by atoms with Gasteiger partial charge in [0.05, 0.1) is 6.04 Å². The molecule has 1 fully saturated rings. The van der Waals surface area contributed by atoms with Crippen molar-refractivity contribution in [3.05, 3.63) is 0 Å². The second-order valence-corrected chi connectivity index (χ2v) is 3.18. The molecule has 1 unspecified atom stereocenters. The van der Waals surface area contributed by atoms with Crippen molar-refractivity contribution in [2.75, 3.05) is 6.54 Å². The van der Waals surface area contributed by atoms with Gasteiger partial charge in [0.15, 0.2) is 0 Å². The number of carbonyl (C=O) groups is 1. The molecule has 0 aliphatic carbocycles. The van der Waals surface area contributed by atoms with Gasteiger partial charge in [0, 0.05) is 6.42 Å². The number of Topliss-reactive ketones (excluding diaryl/α,β-unsaturated/α-hetero) is 1. The Kier molecular flexibility index (Phi) is 3.57. The van der Waals surface area contributed by atoms with E-state index in [1.807, 2.05) is 6.92 Å². The van der Waals surface area contributed by atoms with Crippen LogP contribution < -0.4 is 5.32 Å². The molecule has 1 saturated heterocycles. The molecule has 0 saturated carbocycles. The van der Waals surface area contributed by atoms with Crippen LogP contribution in [0.15, 0.2) is 0 Å². The number of nitrogens with one attached hydrogen (secondary N) is 1. The largest absolute Gasteiger partial charge is 0.307 e. The Labute approximate surface area is 68.4 Å². The minimum absolute atomic E-state index is 0.169. The van der Waals surface area contributed by atoms with Crippen molar-refractivity contribution in [2.24, 2.45) is 0 Å². The van der Waals surface area contributed by atoms with E-state index in [-0.39, 0.29) is 6.04 Å². The predicted octanol–water partition coefficient (Wildman–Crippen LogP) is 1.50. The molecule has 0 aromatic rings. The molecule has 2 heteroatoms. The van der Waals surface area contributed by atoms with Crippen LogP contribution in [0.5, 0.6) is 0 Å². The summed E-state index contributed by atoms with van der Waals surface area (Å²) in [6.45, 7) is 2.96. The van der Waals surface area contributed by atoms with Gasteiger partial charge in [0.25, 0.3) is 0 Å². The van der Waals surface area contributed by atoms with Gasteiger partial charge in [-0.3, -0.25) is 4.79 Å². The fourth-order valence-electron chi connectivity index (χ4n) is 1.55. The third kappa shape index (κ3) is 2.62. The van der Waals surface area contributed by atoms with Crippen LogP contribution in [0, 0.1) is 0 Å². The van der Waals surface area contributed by atoms with E-state index in [1.54, 1.807) is 0 Å². The first-order valence-corrected chi connectivity index (χ1v) is 4.60. The molecular weight excluding hydrogens is 138 g/mol. The lowest BCUT2D eigenvalue weighted by Crippen LogP contribution is -2.35. The highest BCUT2D eigenvalue weighted by molar-refractivity contribution is 5.83. The summed E-state index contributed by atoms with van der Waals surface area (Å²) in [5.74, 6) is 0.381. The van der Waals surface area contributed by atoms with E-state index < -0.39 is 0 Å². The van der Waals surface area contributed by atoms with E-state index in [4.69, 9.17) is 0 Å². The molecule has 0 aromatic carbocycles. The Morgan fingerprint density at radius 1 is 1.45 bits per heavy atom. The van der Waals surface area contributed by atoms with E-state index in [9.17, 15) is 4.79 Å². The van der Waals surface area contributed by atoms with Gasteiger partial charge in [0.2, 0.25) is 0 Å². The Balaban J connectivity index is 2.36. The molecule has 11 heavy (non-hydrogen) atoms. The van der Waals surface area contributed by atoms with Gasteiger partial charge in [-0.25, -0.2) is 0 Å². The number of rotatable bonds is 2. The van der Waals surface area contributed by atoms with Crippen molar-refractivity contribution in [3.63, 3.8) is 0 Å². The van der Waals surface area contributed by atoms with Gasteiger partial charge in [-0.15, -0.1) is 0 Å². The second kappa shape index (κ2) is 4.50. The quantitative estimate of drug-likeness (QED) is 0.654. The van der Waals surface area contributed by atoms with Crippen molar-refractivity contribution in [1.82, 2.24) is 5.32 Å². The molecule has 1 heterocycles. The Hall–Kier alpha value is -0.370. The number of ketones is 1. The minimum Gasteiger partial charge on any atom is -0.307 e. The molecule has 0 aromatic heterocycles. The van der Waals surface area contributed by atoms with E-state index in [0.717, 1.165) is 13.0 Å². The first kappa shape index (κ1) is 8.72. The highest BCUT2D eigenvalue weighted by Gasteiger charge is 2.16. The summed E-state index contributed by atoms with van der Waals surface area (Å²) in [7, 11) is 0. The molecule has 1 rings (SSSR count). The standard InChI is InChI=1S/C9H17NO/c1-2-9(11)8-6-4-3-5-7-10-8/h8,10H,2-7H2,1H3. The average Bonchev–Trinajstić information content (AvgIpc) is 2.30. The van der Waals surface area contributed by atoms with E-state index >= 15 is 0 Å². The van der Waals surface area contributed by atoms with Crippen LogP contribution in [-0.4, -0.2) is 18.4 Å². The van der Waals surface area contributed by atoms with Crippen molar-refractivity contribution in [2.45, 2.75) is 45.1 Å². The Morgan fingerprint density at radius 2 is 2.27 bits per heavy atom. The van der Waals surface area contributed by atoms with E-state index in [1.165, 1.54) is 19.3 Å². The summed E-state index contributed by atoms with van der Waals surface area (Å²) < 4.78 is 0. The fraction of sp³-hybridized carbons (Fsp3) is 0.889. The van der Waals surface area contributed by atoms with E-state index in [0.29, 0.717) is 12.2 Å². The summed E-state index contributed by atoms with van der Waals surface area (Å²) in [4.78, 5) is 11.3. The van der Waals surface area contributed by atoms with Crippen LogP contribution in [0.4, 0.5) is 0 Å². The van der Waals surface area contributed by atoms with Gasteiger partial charge in [-0.1, -0.05) is 19.8 Å². The summed E-state index contributed by atoms with van der Waals surface area (Å²) in [6.07, 6.45) is 5.45. The fourth-order valence-corrected chi connectivity index (χ4v) is 1.55. The summed E-state index contributed by atoms with van der Waals surface area (Å²) in [5, 5.41) is 3.28. The zero-order chi connectivity index (χ0) is 8.10. The van der Waals surface area contributed by atoms with E-state index in [2.05, 4.69) is 5.32 Å². The van der Waals surface area contributed by atoms with Crippen LogP contribution in [0.1, 0.15) is 39.0 Å². The van der Waals surface area contributed by atoms with Crippen molar-refractivity contribution < 1.29 is 4.79 Å². The van der Waals surface area contributed by atoms with Gasteiger partial charge >= 0.3 is 0 Å².